The van der Waals surface area contributed by atoms with Gasteiger partial charge in [0.1, 0.15) is 0 Å². The number of nitrogens with two attached hydrogens (primary N) is 1. The van der Waals surface area contributed by atoms with Crippen LogP contribution in [0.15, 0.2) is 24.3 Å². The highest BCUT2D eigenvalue weighted by molar-refractivity contribution is 7.92. The average molecular weight is 416 g/mol. The number of rotatable bonds is 6. The summed E-state index contributed by atoms with van der Waals surface area (Å²) >= 11 is 0. The molecule has 0 heterocycles. The number of benzene rings is 1. The van der Waals surface area contributed by atoms with Gasteiger partial charge in [-0.25, -0.2) is 8.42 Å². The Morgan fingerprint density at radius 3 is 2.52 bits per heavy atom. The summed E-state index contributed by atoms with van der Waals surface area (Å²) in [5.41, 5.74) is 7.06. The molecule has 2 aliphatic carbocycles. The Bertz CT molecular complexity index is 742. The maximum Gasteiger partial charge on any atom is 0.251 e. The third-order valence-electron chi connectivity index (χ3n) is 5.55. The summed E-state index contributed by atoms with van der Waals surface area (Å²) < 4.78 is 26.4. The minimum absolute atomic E-state index is 0. The lowest BCUT2D eigenvalue weighted by Gasteiger charge is -2.45. The molecular formula is C19H30ClN3O3S. The molecule has 152 valence electrons. The summed E-state index contributed by atoms with van der Waals surface area (Å²) in [7, 11) is -3.37. The zero-order valence-electron chi connectivity index (χ0n) is 15.7. The van der Waals surface area contributed by atoms with Gasteiger partial charge in [-0.1, -0.05) is 19.4 Å². The molecule has 0 aliphatic heterocycles. The molecule has 0 saturated heterocycles. The van der Waals surface area contributed by atoms with Crippen molar-refractivity contribution in [2.75, 3.05) is 10.5 Å². The van der Waals surface area contributed by atoms with Crippen LogP contribution in [0.5, 0.6) is 0 Å². The molecule has 1 aromatic rings. The van der Waals surface area contributed by atoms with E-state index >= 15 is 0 Å². The molecule has 2 fully saturated rings. The van der Waals surface area contributed by atoms with Gasteiger partial charge >= 0.3 is 0 Å². The fourth-order valence-electron chi connectivity index (χ4n) is 4.48. The van der Waals surface area contributed by atoms with E-state index in [0.29, 0.717) is 29.5 Å². The van der Waals surface area contributed by atoms with Gasteiger partial charge in [-0.15, -0.1) is 12.4 Å². The smallest absolute Gasteiger partial charge is 0.251 e. The Labute approximate surface area is 168 Å². The van der Waals surface area contributed by atoms with Gasteiger partial charge < -0.3 is 11.1 Å². The lowest BCUT2D eigenvalue weighted by molar-refractivity contribution is 0.0756. The Morgan fingerprint density at radius 1 is 1.22 bits per heavy atom. The van der Waals surface area contributed by atoms with Crippen LogP contribution in [-0.4, -0.2) is 32.2 Å². The first-order valence-corrected chi connectivity index (χ1v) is 11.2. The van der Waals surface area contributed by atoms with Gasteiger partial charge in [0.2, 0.25) is 10.0 Å². The Morgan fingerprint density at radius 2 is 1.89 bits per heavy atom. The van der Waals surface area contributed by atoms with E-state index < -0.39 is 10.0 Å². The van der Waals surface area contributed by atoms with Crippen LogP contribution in [0.3, 0.4) is 0 Å². The fraction of sp³-hybridized carbons (Fsp3) is 0.632. The van der Waals surface area contributed by atoms with E-state index in [-0.39, 0.29) is 36.2 Å². The molecule has 6 nitrogen and oxygen atoms in total. The van der Waals surface area contributed by atoms with Crippen molar-refractivity contribution >= 4 is 34.0 Å². The minimum atomic E-state index is -3.37. The molecule has 2 atom stereocenters. The predicted molar refractivity (Wildman–Crippen MR) is 111 cm³/mol. The number of hydrogen-bond acceptors (Lipinski definition) is 4. The Balaban J connectivity index is 0.00000261. The first-order chi connectivity index (χ1) is 12.4. The van der Waals surface area contributed by atoms with Crippen molar-refractivity contribution in [2.24, 2.45) is 17.6 Å². The van der Waals surface area contributed by atoms with E-state index in [1.54, 1.807) is 24.3 Å². The molecule has 2 unspecified atom stereocenters. The molecule has 27 heavy (non-hydrogen) atoms. The van der Waals surface area contributed by atoms with Crippen molar-refractivity contribution in [1.82, 2.24) is 5.32 Å². The normalized spacial score (nSPS) is 27.3. The van der Waals surface area contributed by atoms with E-state index in [9.17, 15) is 13.2 Å². The van der Waals surface area contributed by atoms with Gasteiger partial charge in [-0.05, 0) is 62.1 Å². The Hall–Kier alpha value is -1.31. The summed E-state index contributed by atoms with van der Waals surface area (Å²) in [5.74, 6) is 0.828. The topological polar surface area (TPSA) is 101 Å². The van der Waals surface area contributed by atoms with Crippen molar-refractivity contribution in [1.29, 1.82) is 0 Å². The minimum Gasteiger partial charge on any atom is -0.349 e. The molecule has 2 bridgehead atoms. The van der Waals surface area contributed by atoms with Crippen LogP contribution in [0.2, 0.25) is 0 Å². The highest BCUT2D eigenvalue weighted by Gasteiger charge is 2.39. The second-order valence-corrected chi connectivity index (χ2v) is 9.53. The van der Waals surface area contributed by atoms with Crippen LogP contribution in [-0.2, 0) is 10.0 Å². The zero-order chi connectivity index (χ0) is 18.7. The molecule has 2 saturated carbocycles. The lowest BCUT2D eigenvalue weighted by atomic mass is 9.67. The second kappa shape index (κ2) is 9.26. The van der Waals surface area contributed by atoms with Gasteiger partial charge in [0.15, 0.2) is 0 Å². The van der Waals surface area contributed by atoms with Gasteiger partial charge in [-0.3, -0.25) is 9.52 Å². The summed E-state index contributed by atoms with van der Waals surface area (Å²) in [6.45, 7) is 1.82. The molecule has 4 N–H and O–H groups in total. The number of hydrogen-bond donors (Lipinski definition) is 3. The van der Waals surface area contributed by atoms with Crippen molar-refractivity contribution in [3.05, 3.63) is 29.8 Å². The number of carbonyl (C=O) groups excluding carboxylic acids is 1. The number of anilines is 1. The molecule has 0 aromatic heterocycles. The molecule has 0 spiro atoms. The number of halogens is 1. The molecular weight excluding hydrogens is 386 g/mol. The quantitative estimate of drug-likeness (QED) is 0.664. The SMILES string of the molecule is CCCS(=O)(=O)Nc1cccc(C(=O)NC2C3CCCC2CC(N)C3)c1.Cl. The summed E-state index contributed by atoms with van der Waals surface area (Å²) in [6, 6.07) is 7.12. The van der Waals surface area contributed by atoms with Crippen LogP contribution in [0, 0.1) is 11.8 Å². The Kier molecular flexibility index (Phi) is 7.54. The lowest BCUT2D eigenvalue weighted by Crippen LogP contribution is -2.53. The van der Waals surface area contributed by atoms with E-state index in [1.807, 2.05) is 6.92 Å². The van der Waals surface area contributed by atoms with E-state index in [2.05, 4.69) is 10.0 Å². The van der Waals surface area contributed by atoms with Crippen LogP contribution >= 0.6 is 12.4 Å². The van der Waals surface area contributed by atoms with Crippen molar-refractivity contribution in [3.8, 4) is 0 Å². The fourth-order valence-corrected chi connectivity index (χ4v) is 5.61. The molecule has 0 radical (unpaired) electrons. The van der Waals surface area contributed by atoms with E-state index in [0.717, 1.165) is 25.7 Å². The largest absolute Gasteiger partial charge is 0.349 e. The van der Waals surface area contributed by atoms with Gasteiger partial charge in [0.25, 0.3) is 5.91 Å². The summed E-state index contributed by atoms with van der Waals surface area (Å²) in [4.78, 5) is 12.7. The van der Waals surface area contributed by atoms with Crippen LogP contribution in [0.4, 0.5) is 5.69 Å². The van der Waals surface area contributed by atoms with Crippen molar-refractivity contribution in [3.63, 3.8) is 0 Å². The van der Waals surface area contributed by atoms with E-state index in [1.165, 1.54) is 6.42 Å². The average Bonchev–Trinajstić information content (AvgIpc) is 2.55. The summed E-state index contributed by atoms with van der Waals surface area (Å²) in [6.07, 6.45) is 5.93. The van der Waals surface area contributed by atoms with Crippen molar-refractivity contribution in [2.45, 2.75) is 57.5 Å². The number of fused-ring (bicyclic) bond motifs is 2. The molecule has 2 aliphatic rings. The third kappa shape index (κ3) is 5.59. The van der Waals surface area contributed by atoms with E-state index in [4.69, 9.17) is 5.73 Å². The van der Waals surface area contributed by atoms with Crippen LogP contribution in [0.1, 0.15) is 55.8 Å². The molecule has 1 aromatic carbocycles. The first-order valence-electron chi connectivity index (χ1n) is 9.55. The highest BCUT2D eigenvalue weighted by Crippen LogP contribution is 2.39. The van der Waals surface area contributed by atoms with Gasteiger partial charge in [0.05, 0.1) is 5.75 Å². The van der Waals surface area contributed by atoms with Crippen LogP contribution in [0.25, 0.3) is 0 Å². The molecule has 1 amide bonds. The monoisotopic (exact) mass is 415 g/mol. The third-order valence-corrected chi connectivity index (χ3v) is 7.04. The van der Waals surface area contributed by atoms with Gasteiger partial charge in [-0.2, -0.15) is 0 Å². The highest BCUT2D eigenvalue weighted by atomic mass is 35.5. The zero-order valence-corrected chi connectivity index (χ0v) is 17.3. The maximum absolute atomic E-state index is 12.7. The number of amides is 1. The predicted octanol–water partition coefficient (Wildman–Crippen LogP) is 2.90. The number of sulfonamides is 1. The maximum atomic E-state index is 12.7. The number of nitrogens with one attached hydrogen (secondary N) is 2. The van der Waals surface area contributed by atoms with Gasteiger partial charge in [0, 0.05) is 23.3 Å². The second-order valence-electron chi connectivity index (χ2n) is 7.68. The summed E-state index contributed by atoms with van der Waals surface area (Å²) in [5, 5.41) is 3.20. The molecule has 8 heteroatoms. The number of carbonyl (C=O) groups is 1. The van der Waals surface area contributed by atoms with Crippen molar-refractivity contribution < 1.29 is 13.2 Å². The first kappa shape index (κ1) is 22.0. The van der Waals surface area contributed by atoms with Crippen LogP contribution < -0.4 is 15.8 Å². The standard InChI is InChI=1S/C19H29N3O3S.ClH/c1-2-9-26(24,25)22-17-8-4-7-15(12-17)19(23)21-18-13-5-3-6-14(18)11-16(20)10-13;/h4,7-8,12-14,16,18,22H,2-3,5-6,9-11,20H2,1H3,(H,21,23);1H. The molecule has 3 rings (SSSR count).